The van der Waals surface area contributed by atoms with Crippen LogP contribution in [0.2, 0.25) is 0 Å². The maximum Gasteiger partial charge on any atom is 0.236 e. The maximum absolute atomic E-state index is 10.7. The van der Waals surface area contributed by atoms with E-state index in [9.17, 15) is 4.79 Å². The Hall–Kier alpha value is -1.66. The monoisotopic (exact) mass is 213 g/mol. The number of nitrogens with zero attached hydrogens (tertiary/aromatic N) is 1. The molecule has 1 aromatic rings. The third kappa shape index (κ3) is 0.975. The summed E-state index contributed by atoms with van der Waals surface area (Å²) in [5.41, 5.74) is 2.42. The molecule has 16 heavy (non-hydrogen) atoms. The van der Waals surface area contributed by atoms with E-state index in [4.69, 9.17) is 0 Å². The summed E-state index contributed by atoms with van der Waals surface area (Å²) in [7, 11) is 0. The lowest BCUT2D eigenvalue weighted by Crippen LogP contribution is -2.54. The summed E-state index contributed by atoms with van der Waals surface area (Å²) in [6.07, 6.45) is 1.70. The van der Waals surface area contributed by atoms with E-state index in [0.717, 1.165) is 11.1 Å². The van der Waals surface area contributed by atoms with Crippen molar-refractivity contribution in [3.63, 3.8) is 0 Å². The van der Waals surface area contributed by atoms with Gasteiger partial charge in [0.2, 0.25) is 6.08 Å². The number of aliphatic imine (C=N–C) groups is 1. The van der Waals surface area contributed by atoms with Gasteiger partial charge in [-0.25, -0.2) is 4.79 Å². The largest absolute Gasteiger partial charge is 0.236 e. The van der Waals surface area contributed by atoms with E-state index in [1.165, 1.54) is 5.56 Å². The van der Waals surface area contributed by atoms with Crippen LogP contribution >= 0.6 is 0 Å². The van der Waals surface area contributed by atoms with E-state index >= 15 is 0 Å². The van der Waals surface area contributed by atoms with Gasteiger partial charge in [-0.1, -0.05) is 44.7 Å². The first-order valence-electron chi connectivity index (χ1n) is 5.33. The molecule has 0 radical (unpaired) electrons. The third-order valence-electron chi connectivity index (χ3n) is 3.73. The topological polar surface area (TPSA) is 29.4 Å². The van der Waals surface area contributed by atoms with Gasteiger partial charge in [-0.15, -0.1) is 0 Å². The molecule has 0 saturated heterocycles. The molecule has 0 aromatic heterocycles. The summed E-state index contributed by atoms with van der Waals surface area (Å²) < 4.78 is 0. The van der Waals surface area contributed by atoms with Crippen LogP contribution in [0.4, 0.5) is 0 Å². The number of rotatable bonds is 2. The van der Waals surface area contributed by atoms with E-state index in [0.29, 0.717) is 0 Å². The molecular formula is C14H15NO. The first-order valence-corrected chi connectivity index (χ1v) is 5.33. The maximum atomic E-state index is 10.7. The molecule has 1 aromatic carbocycles. The highest BCUT2D eigenvalue weighted by Gasteiger charge is 2.58. The number of benzene rings is 1. The Morgan fingerprint density at radius 2 is 1.88 bits per heavy atom. The van der Waals surface area contributed by atoms with Crippen molar-refractivity contribution < 1.29 is 4.79 Å². The number of hydrogen-bond donors (Lipinski definition) is 0. The summed E-state index contributed by atoms with van der Waals surface area (Å²) >= 11 is 0. The van der Waals surface area contributed by atoms with Crippen molar-refractivity contribution in [3.05, 3.63) is 47.5 Å². The fourth-order valence-corrected chi connectivity index (χ4v) is 2.94. The number of hydrogen-bond acceptors (Lipinski definition) is 2. The van der Waals surface area contributed by atoms with Gasteiger partial charge in [0.15, 0.2) is 0 Å². The Morgan fingerprint density at radius 3 is 2.38 bits per heavy atom. The molecule has 2 heteroatoms. The first-order chi connectivity index (χ1) is 7.48. The predicted molar refractivity (Wildman–Crippen MR) is 64.1 cm³/mol. The smallest absolute Gasteiger partial charge is 0.211 e. The van der Waals surface area contributed by atoms with Crippen LogP contribution in [0.5, 0.6) is 0 Å². The molecule has 1 aliphatic carbocycles. The molecule has 0 amide bonds. The number of fused-ring (bicyclic) bond motifs is 1. The van der Waals surface area contributed by atoms with Crippen LogP contribution in [-0.2, 0) is 15.7 Å². The first kappa shape index (κ1) is 10.8. The van der Waals surface area contributed by atoms with Crippen LogP contribution in [0, 0.1) is 0 Å². The molecule has 0 heterocycles. The Kier molecular flexibility index (Phi) is 2.14. The average molecular weight is 213 g/mol. The Bertz CT molecular complexity index is 505. The van der Waals surface area contributed by atoms with Gasteiger partial charge in [-0.05, 0) is 23.6 Å². The lowest BCUT2D eigenvalue weighted by atomic mass is 9.51. The van der Waals surface area contributed by atoms with Gasteiger partial charge in [0.05, 0.1) is 0 Å². The van der Waals surface area contributed by atoms with Gasteiger partial charge in [-0.3, -0.25) is 0 Å². The van der Waals surface area contributed by atoms with E-state index in [2.05, 4.69) is 31.5 Å². The van der Waals surface area contributed by atoms with Crippen LogP contribution in [0.25, 0.3) is 0 Å². The SMILES string of the molecule is C=C(C)C1(N=C=O)c2ccccc2C1(C)C. The van der Waals surface area contributed by atoms with Crippen LogP contribution in [0.15, 0.2) is 41.4 Å². The molecule has 0 bridgehead atoms. The highest BCUT2D eigenvalue weighted by atomic mass is 16.1. The van der Waals surface area contributed by atoms with Crippen molar-refractivity contribution in [2.45, 2.75) is 31.7 Å². The average Bonchev–Trinajstić information content (AvgIpc) is 2.25. The number of isocyanates is 1. The quantitative estimate of drug-likeness (QED) is 0.421. The molecule has 0 fully saturated rings. The summed E-state index contributed by atoms with van der Waals surface area (Å²) in [4.78, 5) is 14.7. The lowest BCUT2D eigenvalue weighted by Gasteiger charge is -2.54. The fourth-order valence-electron chi connectivity index (χ4n) is 2.94. The molecule has 0 saturated carbocycles. The molecule has 1 aliphatic rings. The molecule has 2 rings (SSSR count). The standard InChI is InChI=1S/C14H15NO/c1-10(2)14(15-9-16)12-8-6-5-7-11(12)13(14,3)4/h5-8H,1H2,2-4H3. The zero-order valence-corrected chi connectivity index (χ0v) is 9.87. The van der Waals surface area contributed by atoms with E-state index < -0.39 is 5.54 Å². The molecule has 1 unspecified atom stereocenters. The van der Waals surface area contributed by atoms with E-state index in [-0.39, 0.29) is 5.41 Å². The van der Waals surface area contributed by atoms with Gasteiger partial charge in [0, 0.05) is 5.41 Å². The molecule has 2 nitrogen and oxygen atoms in total. The van der Waals surface area contributed by atoms with Gasteiger partial charge in [-0.2, -0.15) is 4.99 Å². The zero-order valence-electron chi connectivity index (χ0n) is 9.87. The summed E-state index contributed by atoms with van der Waals surface area (Å²) in [5, 5.41) is 0. The molecular weight excluding hydrogens is 198 g/mol. The van der Waals surface area contributed by atoms with Gasteiger partial charge >= 0.3 is 0 Å². The van der Waals surface area contributed by atoms with Crippen molar-refractivity contribution >= 4 is 6.08 Å². The third-order valence-corrected chi connectivity index (χ3v) is 3.73. The summed E-state index contributed by atoms with van der Waals surface area (Å²) in [6, 6.07) is 8.06. The van der Waals surface area contributed by atoms with Crippen molar-refractivity contribution in [1.29, 1.82) is 0 Å². The van der Waals surface area contributed by atoms with Gasteiger partial charge < -0.3 is 0 Å². The van der Waals surface area contributed by atoms with E-state index in [1.54, 1.807) is 6.08 Å². The van der Waals surface area contributed by atoms with Crippen LogP contribution in [0.3, 0.4) is 0 Å². The van der Waals surface area contributed by atoms with Crippen LogP contribution in [0.1, 0.15) is 31.9 Å². The van der Waals surface area contributed by atoms with Crippen LogP contribution < -0.4 is 0 Å². The summed E-state index contributed by atoms with van der Waals surface area (Å²) in [5.74, 6) is 0. The molecule has 0 N–H and O–H groups in total. The molecule has 0 aliphatic heterocycles. The normalized spacial score (nSPS) is 24.9. The van der Waals surface area contributed by atoms with Crippen molar-refractivity contribution in [1.82, 2.24) is 0 Å². The second-order valence-electron chi connectivity index (χ2n) is 4.86. The number of carbonyl (C=O) groups excluding carboxylic acids is 1. The van der Waals surface area contributed by atoms with Crippen molar-refractivity contribution in [3.8, 4) is 0 Å². The predicted octanol–water partition coefficient (Wildman–Crippen LogP) is 3.09. The lowest BCUT2D eigenvalue weighted by molar-refractivity contribution is 0.249. The minimum Gasteiger partial charge on any atom is -0.211 e. The van der Waals surface area contributed by atoms with Crippen molar-refractivity contribution in [2.75, 3.05) is 0 Å². The Labute approximate surface area is 95.7 Å². The van der Waals surface area contributed by atoms with Crippen molar-refractivity contribution in [2.24, 2.45) is 4.99 Å². The Morgan fingerprint density at radius 1 is 1.31 bits per heavy atom. The minimum absolute atomic E-state index is 0.188. The van der Waals surface area contributed by atoms with E-state index in [1.807, 2.05) is 25.1 Å². The highest BCUT2D eigenvalue weighted by molar-refractivity contribution is 5.61. The fraction of sp³-hybridized carbons (Fsp3) is 0.357. The van der Waals surface area contributed by atoms with Gasteiger partial charge in [0.1, 0.15) is 5.54 Å². The second-order valence-corrected chi connectivity index (χ2v) is 4.86. The van der Waals surface area contributed by atoms with Crippen LogP contribution in [-0.4, -0.2) is 6.08 Å². The van der Waals surface area contributed by atoms with Gasteiger partial charge in [0.25, 0.3) is 0 Å². The molecule has 0 spiro atoms. The second kappa shape index (κ2) is 3.16. The molecule has 82 valence electrons. The molecule has 1 atom stereocenters. The Balaban J connectivity index is 2.76. The summed E-state index contributed by atoms with van der Waals surface area (Å²) in [6.45, 7) is 10.1. The minimum atomic E-state index is -0.592. The highest BCUT2D eigenvalue weighted by Crippen LogP contribution is 2.59. The zero-order chi connectivity index (χ0) is 12.0.